The molecule has 0 saturated carbocycles. The van der Waals surface area contributed by atoms with Crippen molar-refractivity contribution in [3.05, 3.63) is 42.7 Å². The molecule has 0 aliphatic carbocycles. The molecular weight excluding hydrogens is 275 g/mol. The van der Waals surface area contributed by atoms with Crippen LogP contribution in [0.25, 0.3) is 21.7 Å². The monoisotopic (exact) mass is 294 g/mol. The molecule has 22 heavy (non-hydrogen) atoms. The number of benzene rings is 2. The van der Waals surface area contributed by atoms with Crippen LogP contribution in [0.3, 0.4) is 0 Å². The highest BCUT2D eigenvalue weighted by atomic mass is 16.7. The van der Waals surface area contributed by atoms with E-state index in [4.69, 9.17) is 13.7 Å². The van der Waals surface area contributed by atoms with Gasteiger partial charge in [0.15, 0.2) is 0 Å². The van der Waals surface area contributed by atoms with Gasteiger partial charge in [-0.3, -0.25) is 0 Å². The second kappa shape index (κ2) is 4.37. The quantitative estimate of drug-likeness (QED) is 0.638. The fraction of sp³-hybridized carbons (Fsp3) is 0.333. The third-order valence-electron chi connectivity index (χ3n) is 4.98. The zero-order chi connectivity index (χ0) is 15.5. The van der Waals surface area contributed by atoms with Gasteiger partial charge in [0.05, 0.1) is 17.5 Å². The SMILES string of the molecule is CC1(C)OB(c2coc3cc4ccccc4cc23)OC1(C)C. The summed E-state index contributed by atoms with van der Waals surface area (Å²) in [5, 5.41) is 3.41. The van der Waals surface area contributed by atoms with E-state index in [1.54, 1.807) is 6.26 Å². The lowest BCUT2D eigenvalue weighted by molar-refractivity contribution is 0.00578. The Morgan fingerprint density at radius 3 is 2.09 bits per heavy atom. The van der Waals surface area contributed by atoms with Crippen LogP contribution < -0.4 is 5.46 Å². The van der Waals surface area contributed by atoms with Gasteiger partial charge in [-0.05, 0) is 50.6 Å². The third-order valence-corrected chi connectivity index (χ3v) is 4.98. The van der Waals surface area contributed by atoms with Crippen LogP contribution in [0.1, 0.15) is 27.7 Å². The van der Waals surface area contributed by atoms with Crippen molar-refractivity contribution in [3.63, 3.8) is 0 Å². The highest BCUT2D eigenvalue weighted by Crippen LogP contribution is 2.37. The summed E-state index contributed by atoms with van der Waals surface area (Å²) in [5.74, 6) is 0. The van der Waals surface area contributed by atoms with Crippen LogP contribution in [0.4, 0.5) is 0 Å². The molecule has 0 amide bonds. The minimum absolute atomic E-state index is 0.349. The van der Waals surface area contributed by atoms with Gasteiger partial charge in [0.25, 0.3) is 0 Å². The Morgan fingerprint density at radius 1 is 0.864 bits per heavy atom. The van der Waals surface area contributed by atoms with E-state index < -0.39 is 7.12 Å². The molecule has 1 aliphatic rings. The molecule has 1 aliphatic heterocycles. The lowest BCUT2D eigenvalue weighted by atomic mass is 9.79. The highest BCUT2D eigenvalue weighted by Gasteiger charge is 2.52. The van der Waals surface area contributed by atoms with Gasteiger partial charge in [-0.25, -0.2) is 0 Å². The molecule has 4 heteroatoms. The maximum absolute atomic E-state index is 6.15. The molecule has 1 saturated heterocycles. The molecule has 0 bridgehead atoms. The minimum atomic E-state index is -0.396. The van der Waals surface area contributed by atoms with Crippen LogP contribution in [0.2, 0.25) is 0 Å². The molecule has 0 atom stereocenters. The van der Waals surface area contributed by atoms with Crippen LogP contribution in [0.15, 0.2) is 47.1 Å². The predicted molar refractivity (Wildman–Crippen MR) is 89.4 cm³/mol. The zero-order valence-electron chi connectivity index (χ0n) is 13.3. The lowest BCUT2D eigenvalue weighted by Crippen LogP contribution is -2.41. The van der Waals surface area contributed by atoms with E-state index in [1.165, 1.54) is 10.8 Å². The first-order chi connectivity index (χ1) is 10.4. The zero-order valence-corrected chi connectivity index (χ0v) is 13.3. The van der Waals surface area contributed by atoms with Crippen molar-refractivity contribution in [3.8, 4) is 0 Å². The largest absolute Gasteiger partial charge is 0.498 e. The maximum Gasteiger partial charge on any atom is 0.498 e. The Labute approximate surface area is 130 Å². The van der Waals surface area contributed by atoms with Crippen LogP contribution >= 0.6 is 0 Å². The normalized spacial score (nSPS) is 20.1. The van der Waals surface area contributed by atoms with Gasteiger partial charge in [0, 0.05) is 10.8 Å². The third kappa shape index (κ3) is 1.91. The van der Waals surface area contributed by atoms with E-state index in [9.17, 15) is 0 Å². The van der Waals surface area contributed by atoms with Crippen LogP contribution in [-0.2, 0) is 9.31 Å². The summed E-state index contributed by atoms with van der Waals surface area (Å²) in [6.45, 7) is 8.24. The van der Waals surface area contributed by atoms with Crippen molar-refractivity contribution in [1.82, 2.24) is 0 Å². The molecule has 0 unspecified atom stereocenters. The first kappa shape index (κ1) is 13.9. The number of furan rings is 1. The van der Waals surface area contributed by atoms with Crippen LogP contribution in [0.5, 0.6) is 0 Å². The van der Waals surface area contributed by atoms with E-state index in [0.29, 0.717) is 0 Å². The van der Waals surface area contributed by atoms with Gasteiger partial charge in [-0.15, -0.1) is 0 Å². The van der Waals surface area contributed by atoms with Gasteiger partial charge >= 0.3 is 7.12 Å². The fourth-order valence-electron chi connectivity index (χ4n) is 2.89. The topological polar surface area (TPSA) is 31.6 Å². The molecule has 3 aromatic rings. The molecule has 112 valence electrons. The minimum Gasteiger partial charge on any atom is -0.465 e. The molecule has 2 aromatic carbocycles. The smallest absolute Gasteiger partial charge is 0.465 e. The van der Waals surface area contributed by atoms with E-state index in [0.717, 1.165) is 16.4 Å². The molecule has 0 radical (unpaired) electrons. The van der Waals surface area contributed by atoms with Crippen molar-refractivity contribution in [2.45, 2.75) is 38.9 Å². The number of rotatable bonds is 1. The van der Waals surface area contributed by atoms with Crippen LogP contribution in [-0.4, -0.2) is 18.3 Å². The Bertz CT molecular complexity index is 847. The molecule has 0 N–H and O–H groups in total. The molecular formula is C18H19BO3. The van der Waals surface area contributed by atoms with Crippen molar-refractivity contribution in [1.29, 1.82) is 0 Å². The number of fused-ring (bicyclic) bond motifs is 2. The van der Waals surface area contributed by atoms with E-state index in [-0.39, 0.29) is 11.2 Å². The maximum atomic E-state index is 6.15. The molecule has 4 rings (SSSR count). The van der Waals surface area contributed by atoms with Crippen molar-refractivity contribution in [2.75, 3.05) is 0 Å². The average Bonchev–Trinajstić information content (AvgIpc) is 2.94. The molecule has 1 aromatic heterocycles. The Hall–Kier alpha value is -1.78. The summed E-state index contributed by atoms with van der Waals surface area (Å²) >= 11 is 0. The summed E-state index contributed by atoms with van der Waals surface area (Å²) < 4.78 is 18.0. The van der Waals surface area contributed by atoms with Gasteiger partial charge in [0.1, 0.15) is 5.58 Å². The summed E-state index contributed by atoms with van der Waals surface area (Å²) in [6.07, 6.45) is 1.76. The van der Waals surface area contributed by atoms with Gasteiger partial charge in [-0.2, -0.15) is 0 Å². The summed E-state index contributed by atoms with van der Waals surface area (Å²) in [4.78, 5) is 0. The van der Waals surface area contributed by atoms with Crippen LogP contribution in [0, 0.1) is 0 Å². The first-order valence-electron chi connectivity index (χ1n) is 7.63. The standard InChI is InChI=1S/C18H19BO3/c1-17(2)18(3,4)22-19(21-17)15-11-20-16-10-13-8-6-5-7-12(13)9-14(15)16/h5-11H,1-4H3. The van der Waals surface area contributed by atoms with E-state index in [1.807, 2.05) is 12.1 Å². The average molecular weight is 294 g/mol. The van der Waals surface area contributed by atoms with Crippen molar-refractivity contribution < 1.29 is 13.7 Å². The number of hydrogen-bond donors (Lipinski definition) is 0. The first-order valence-corrected chi connectivity index (χ1v) is 7.63. The van der Waals surface area contributed by atoms with Gasteiger partial charge in [-0.1, -0.05) is 24.3 Å². The Balaban J connectivity index is 1.85. The molecule has 2 heterocycles. The van der Waals surface area contributed by atoms with E-state index >= 15 is 0 Å². The Morgan fingerprint density at radius 2 is 1.45 bits per heavy atom. The summed E-state index contributed by atoms with van der Waals surface area (Å²) in [5.41, 5.74) is 1.12. The fourth-order valence-corrected chi connectivity index (χ4v) is 2.89. The second-order valence-corrected chi connectivity index (χ2v) is 6.97. The number of hydrogen-bond acceptors (Lipinski definition) is 3. The molecule has 3 nitrogen and oxygen atoms in total. The van der Waals surface area contributed by atoms with Crippen molar-refractivity contribution >= 4 is 34.3 Å². The van der Waals surface area contributed by atoms with Gasteiger partial charge in [0.2, 0.25) is 0 Å². The van der Waals surface area contributed by atoms with E-state index in [2.05, 4.69) is 52.0 Å². The molecule has 0 spiro atoms. The predicted octanol–water partition coefficient (Wildman–Crippen LogP) is 3.89. The summed E-state index contributed by atoms with van der Waals surface area (Å²) in [7, 11) is -0.396. The van der Waals surface area contributed by atoms with Gasteiger partial charge < -0.3 is 13.7 Å². The molecule has 1 fully saturated rings. The second-order valence-electron chi connectivity index (χ2n) is 6.97. The summed E-state index contributed by atoms with van der Waals surface area (Å²) in [6, 6.07) is 12.5. The van der Waals surface area contributed by atoms with Crippen molar-refractivity contribution in [2.24, 2.45) is 0 Å². The highest BCUT2D eigenvalue weighted by molar-refractivity contribution is 6.65. The lowest BCUT2D eigenvalue weighted by Gasteiger charge is -2.32. The Kier molecular flexibility index (Phi) is 2.75.